The van der Waals surface area contributed by atoms with Gasteiger partial charge in [-0.2, -0.15) is 0 Å². The maximum atomic E-state index is 11.8. The molecule has 2 rings (SSSR count). The van der Waals surface area contributed by atoms with Gasteiger partial charge >= 0.3 is 5.69 Å². The molecule has 0 N–H and O–H groups in total. The number of halogens is 1. The number of fused-ring (bicyclic) bond motifs is 1. The van der Waals surface area contributed by atoms with Gasteiger partial charge in [0.05, 0.1) is 11.0 Å². The summed E-state index contributed by atoms with van der Waals surface area (Å²) in [5, 5.41) is 0. The molecule has 0 unspecified atom stereocenters. The Balaban J connectivity index is 3.03. The van der Waals surface area contributed by atoms with Crippen LogP contribution in [0.25, 0.3) is 11.0 Å². The Kier molecular flexibility index (Phi) is 2.62. The van der Waals surface area contributed by atoms with Crippen molar-refractivity contribution in [1.29, 1.82) is 0 Å². The van der Waals surface area contributed by atoms with Crippen molar-refractivity contribution in [2.75, 3.05) is 0 Å². The highest BCUT2D eigenvalue weighted by molar-refractivity contribution is 14.1. The second kappa shape index (κ2) is 3.66. The molecule has 2 aromatic rings. The third kappa shape index (κ3) is 1.51. The molecule has 0 fully saturated rings. The lowest BCUT2D eigenvalue weighted by Crippen LogP contribution is -2.19. The average Bonchev–Trinajstić information content (AvgIpc) is 2.43. The number of hydrogen-bond acceptors (Lipinski definition) is 1. The third-order valence-corrected chi connectivity index (χ3v) is 3.41. The monoisotopic (exact) mass is 316 g/mol. The fourth-order valence-electron chi connectivity index (χ4n) is 1.98. The van der Waals surface area contributed by atoms with Gasteiger partial charge in [-0.25, -0.2) is 4.79 Å². The van der Waals surface area contributed by atoms with E-state index in [4.69, 9.17) is 0 Å². The first kappa shape index (κ1) is 10.7. The van der Waals surface area contributed by atoms with Crippen LogP contribution in [0.3, 0.4) is 0 Å². The summed E-state index contributed by atoms with van der Waals surface area (Å²) in [6.45, 7) is 2.11. The molecule has 0 saturated carbocycles. The lowest BCUT2D eigenvalue weighted by Gasteiger charge is -2.03. The number of benzene rings is 1. The van der Waals surface area contributed by atoms with Crippen LogP contribution in [0.2, 0.25) is 0 Å². The first-order valence-corrected chi connectivity index (χ1v) is 5.98. The van der Waals surface area contributed by atoms with E-state index >= 15 is 0 Å². The molecule has 1 aromatic carbocycles. The van der Waals surface area contributed by atoms with Crippen LogP contribution in [0.15, 0.2) is 16.9 Å². The van der Waals surface area contributed by atoms with E-state index in [-0.39, 0.29) is 5.69 Å². The quantitative estimate of drug-likeness (QED) is 0.740. The van der Waals surface area contributed by atoms with Crippen molar-refractivity contribution >= 4 is 33.6 Å². The number of imidazole rings is 1. The maximum absolute atomic E-state index is 11.8. The van der Waals surface area contributed by atoms with Crippen molar-refractivity contribution in [1.82, 2.24) is 9.13 Å². The van der Waals surface area contributed by atoms with Crippen molar-refractivity contribution in [2.24, 2.45) is 14.1 Å². The predicted molar refractivity (Wildman–Crippen MR) is 70.3 cm³/mol. The van der Waals surface area contributed by atoms with Crippen LogP contribution >= 0.6 is 22.6 Å². The lowest BCUT2D eigenvalue weighted by molar-refractivity contribution is 0.793. The zero-order chi connectivity index (χ0) is 11.2. The minimum Gasteiger partial charge on any atom is -0.295 e. The Morgan fingerprint density at radius 3 is 2.53 bits per heavy atom. The summed E-state index contributed by atoms with van der Waals surface area (Å²) >= 11 is 2.29. The van der Waals surface area contributed by atoms with Gasteiger partial charge in [0.25, 0.3) is 0 Å². The molecule has 0 radical (unpaired) electrons. The lowest BCUT2D eigenvalue weighted by atomic mass is 10.1. The maximum Gasteiger partial charge on any atom is 0.328 e. The van der Waals surface area contributed by atoms with E-state index in [1.165, 1.54) is 9.13 Å². The molecule has 80 valence electrons. The molecular weight excluding hydrogens is 303 g/mol. The molecule has 0 atom stereocenters. The summed E-state index contributed by atoms with van der Waals surface area (Å²) in [6, 6.07) is 4.19. The fraction of sp³-hybridized carbons (Fsp3) is 0.364. The van der Waals surface area contributed by atoms with Crippen LogP contribution in [0.4, 0.5) is 0 Å². The summed E-state index contributed by atoms with van der Waals surface area (Å²) in [5.41, 5.74) is 3.36. The van der Waals surface area contributed by atoms with Crippen molar-refractivity contribution < 1.29 is 0 Å². The van der Waals surface area contributed by atoms with Gasteiger partial charge in [0, 0.05) is 17.7 Å². The SMILES string of the molecule is CCc1cc(I)cc2c1n(C)c(=O)n2C. The standard InChI is InChI=1S/C11H13IN2O/c1-4-7-5-8(12)6-9-10(7)14(3)11(15)13(9)2/h5-6H,4H2,1-3H3. The van der Waals surface area contributed by atoms with Gasteiger partial charge in [0.15, 0.2) is 0 Å². The topological polar surface area (TPSA) is 26.9 Å². The number of rotatable bonds is 1. The predicted octanol–water partition coefficient (Wildman–Crippen LogP) is 2.04. The first-order valence-electron chi connectivity index (χ1n) is 4.90. The molecule has 0 saturated heterocycles. The Morgan fingerprint density at radius 2 is 1.93 bits per heavy atom. The van der Waals surface area contributed by atoms with Crippen LogP contribution in [0.5, 0.6) is 0 Å². The van der Waals surface area contributed by atoms with Gasteiger partial charge in [0.2, 0.25) is 0 Å². The van der Waals surface area contributed by atoms with Gasteiger partial charge < -0.3 is 0 Å². The van der Waals surface area contributed by atoms with E-state index in [1.54, 1.807) is 9.13 Å². The second-order valence-electron chi connectivity index (χ2n) is 3.69. The van der Waals surface area contributed by atoms with Gasteiger partial charge in [-0.1, -0.05) is 6.92 Å². The van der Waals surface area contributed by atoms with Crippen molar-refractivity contribution in [2.45, 2.75) is 13.3 Å². The van der Waals surface area contributed by atoms with E-state index in [0.717, 1.165) is 17.5 Å². The fourth-order valence-corrected chi connectivity index (χ4v) is 2.65. The highest BCUT2D eigenvalue weighted by Crippen LogP contribution is 2.21. The Hall–Kier alpha value is -0.780. The van der Waals surface area contributed by atoms with E-state index in [1.807, 2.05) is 14.1 Å². The van der Waals surface area contributed by atoms with Crippen LogP contribution in [0.1, 0.15) is 12.5 Å². The van der Waals surface area contributed by atoms with Gasteiger partial charge in [-0.3, -0.25) is 9.13 Å². The number of hydrogen-bond donors (Lipinski definition) is 0. The van der Waals surface area contributed by atoms with Crippen LogP contribution in [-0.2, 0) is 20.5 Å². The van der Waals surface area contributed by atoms with E-state index in [2.05, 4.69) is 41.6 Å². The molecular formula is C11H13IN2O. The molecule has 0 amide bonds. The summed E-state index contributed by atoms with van der Waals surface area (Å²) in [7, 11) is 3.65. The van der Waals surface area contributed by atoms with Crippen molar-refractivity contribution in [3.63, 3.8) is 0 Å². The van der Waals surface area contributed by atoms with Crippen molar-refractivity contribution in [3.05, 3.63) is 31.8 Å². The normalized spacial score (nSPS) is 11.2. The summed E-state index contributed by atoms with van der Waals surface area (Å²) in [5.74, 6) is 0. The number of aromatic nitrogens is 2. The highest BCUT2D eigenvalue weighted by atomic mass is 127. The van der Waals surface area contributed by atoms with E-state index in [9.17, 15) is 4.79 Å². The first-order chi connectivity index (χ1) is 7.06. The smallest absolute Gasteiger partial charge is 0.295 e. The Bertz CT molecular complexity index is 580. The molecule has 0 aliphatic rings. The van der Waals surface area contributed by atoms with Crippen LogP contribution in [-0.4, -0.2) is 9.13 Å². The molecule has 4 heteroatoms. The molecule has 0 bridgehead atoms. The molecule has 0 aliphatic carbocycles. The number of aryl methyl sites for hydroxylation is 3. The minimum absolute atomic E-state index is 0.0432. The average molecular weight is 316 g/mol. The van der Waals surface area contributed by atoms with E-state index < -0.39 is 0 Å². The highest BCUT2D eigenvalue weighted by Gasteiger charge is 2.11. The minimum atomic E-state index is 0.0432. The largest absolute Gasteiger partial charge is 0.328 e. The third-order valence-electron chi connectivity index (χ3n) is 2.79. The molecule has 0 aliphatic heterocycles. The number of nitrogens with zero attached hydrogens (tertiary/aromatic N) is 2. The Morgan fingerprint density at radius 1 is 1.27 bits per heavy atom. The van der Waals surface area contributed by atoms with E-state index in [0.29, 0.717) is 0 Å². The van der Waals surface area contributed by atoms with Gasteiger partial charge in [-0.15, -0.1) is 0 Å². The van der Waals surface area contributed by atoms with Crippen LogP contribution < -0.4 is 5.69 Å². The van der Waals surface area contributed by atoms with Gasteiger partial charge in [-0.05, 0) is 46.7 Å². The molecule has 15 heavy (non-hydrogen) atoms. The summed E-state index contributed by atoms with van der Waals surface area (Å²) in [4.78, 5) is 11.8. The molecule has 3 nitrogen and oxygen atoms in total. The summed E-state index contributed by atoms with van der Waals surface area (Å²) in [6.07, 6.45) is 0.949. The summed E-state index contributed by atoms with van der Waals surface area (Å²) < 4.78 is 4.61. The zero-order valence-corrected chi connectivity index (χ0v) is 11.2. The zero-order valence-electron chi connectivity index (χ0n) is 9.04. The second-order valence-corrected chi connectivity index (χ2v) is 4.93. The molecule has 0 spiro atoms. The Labute approximate surface area is 102 Å². The molecule has 1 aromatic heterocycles. The van der Waals surface area contributed by atoms with Gasteiger partial charge in [0.1, 0.15) is 0 Å². The van der Waals surface area contributed by atoms with Crippen molar-refractivity contribution in [3.8, 4) is 0 Å². The van der Waals surface area contributed by atoms with Crippen LogP contribution in [0, 0.1) is 3.57 Å². The molecule has 1 heterocycles.